The molecule has 6 nitrogen and oxygen atoms in total. The Morgan fingerprint density at radius 1 is 0.903 bits per heavy atom. The number of aryl methyl sites for hydroxylation is 2. The zero-order valence-corrected chi connectivity index (χ0v) is 18.5. The summed E-state index contributed by atoms with van der Waals surface area (Å²) >= 11 is 0. The molecular formula is C25H30N4O2. The number of hydrogen-bond donors (Lipinski definition) is 0. The number of hydrogen-bond acceptors (Lipinski definition) is 4. The van der Waals surface area contributed by atoms with Gasteiger partial charge in [0.2, 0.25) is 5.91 Å². The van der Waals surface area contributed by atoms with Gasteiger partial charge in [0.1, 0.15) is 0 Å². The third-order valence-corrected chi connectivity index (χ3v) is 6.19. The Labute approximate surface area is 184 Å². The average molecular weight is 419 g/mol. The molecule has 2 aromatic rings. The molecule has 4 rings (SSSR count). The highest BCUT2D eigenvalue weighted by Gasteiger charge is 2.34. The highest BCUT2D eigenvalue weighted by Crippen LogP contribution is 2.33. The summed E-state index contributed by atoms with van der Waals surface area (Å²) in [6.07, 6.45) is 0.704. The molecule has 31 heavy (non-hydrogen) atoms. The molecule has 2 heterocycles. The molecular weight excluding hydrogens is 388 g/mol. The molecule has 2 aliphatic heterocycles. The van der Waals surface area contributed by atoms with Gasteiger partial charge in [0.15, 0.2) is 0 Å². The minimum absolute atomic E-state index is 0.00367. The Bertz CT molecular complexity index is 974. The van der Waals surface area contributed by atoms with Gasteiger partial charge in [-0.15, -0.1) is 0 Å². The van der Waals surface area contributed by atoms with Crippen LogP contribution >= 0.6 is 0 Å². The monoisotopic (exact) mass is 418 g/mol. The zero-order chi connectivity index (χ0) is 22.0. The molecule has 1 saturated heterocycles. The van der Waals surface area contributed by atoms with Crippen LogP contribution in [0.5, 0.6) is 0 Å². The molecule has 2 aromatic carbocycles. The fourth-order valence-electron chi connectivity index (χ4n) is 4.19. The summed E-state index contributed by atoms with van der Waals surface area (Å²) in [6.45, 7) is 8.81. The van der Waals surface area contributed by atoms with Crippen molar-refractivity contribution < 1.29 is 9.59 Å². The number of carbonyl (C=O) groups excluding carboxylic acids is 2. The third kappa shape index (κ3) is 4.85. The Morgan fingerprint density at radius 3 is 2.06 bits per heavy atom. The van der Waals surface area contributed by atoms with E-state index in [9.17, 15) is 9.59 Å². The first-order valence-electron chi connectivity index (χ1n) is 10.9. The van der Waals surface area contributed by atoms with E-state index in [1.54, 1.807) is 11.9 Å². The van der Waals surface area contributed by atoms with Crippen molar-refractivity contribution >= 4 is 17.5 Å². The molecule has 1 atom stereocenters. The van der Waals surface area contributed by atoms with Crippen molar-refractivity contribution in [1.82, 2.24) is 14.8 Å². The van der Waals surface area contributed by atoms with Gasteiger partial charge in [-0.2, -0.15) is 5.10 Å². The third-order valence-electron chi connectivity index (χ3n) is 6.19. The summed E-state index contributed by atoms with van der Waals surface area (Å²) < 4.78 is 0. The molecule has 2 aliphatic rings. The molecule has 0 saturated carbocycles. The first-order chi connectivity index (χ1) is 14.9. The Morgan fingerprint density at radius 2 is 1.48 bits per heavy atom. The minimum Gasteiger partial charge on any atom is -0.340 e. The second-order valence-electron chi connectivity index (χ2n) is 8.56. The van der Waals surface area contributed by atoms with Crippen LogP contribution < -0.4 is 0 Å². The maximum absolute atomic E-state index is 13.3. The minimum atomic E-state index is -0.0945. The van der Waals surface area contributed by atoms with Gasteiger partial charge in [0.25, 0.3) is 5.91 Å². The number of amides is 2. The standard InChI is InChI=1S/C25H30N4O2/c1-18-4-8-21(9-5-18)23-16-24(22-10-6-19(2)7-11-22)29(26-23)25(31)17-27-12-14-28(15-13-27)20(3)30/h4-11,24H,12-17H2,1-3H3/t24-/m0/s1. The highest BCUT2D eigenvalue weighted by molar-refractivity contribution is 6.03. The average Bonchev–Trinajstić information content (AvgIpc) is 3.21. The van der Waals surface area contributed by atoms with E-state index in [4.69, 9.17) is 5.10 Å². The van der Waals surface area contributed by atoms with Gasteiger partial charge in [-0.3, -0.25) is 14.5 Å². The zero-order valence-electron chi connectivity index (χ0n) is 18.5. The van der Waals surface area contributed by atoms with Crippen LogP contribution in [0.1, 0.15) is 41.6 Å². The first-order valence-corrected chi connectivity index (χ1v) is 10.9. The summed E-state index contributed by atoms with van der Waals surface area (Å²) in [5, 5.41) is 6.46. The molecule has 1 fully saturated rings. The predicted octanol–water partition coefficient (Wildman–Crippen LogP) is 3.15. The van der Waals surface area contributed by atoms with Crippen molar-refractivity contribution in [2.75, 3.05) is 32.7 Å². The molecule has 0 spiro atoms. The summed E-state index contributed by atoms with van der Waals surface area (Å²) in [7, 11) is 0. The van der Waals surface area contributed by atoms with Crippen LogP contribution in [0, 0.1) is 13.8 Å². The quantitative estimate of drug-likeness (QED) is 0.767. The SMILES string of the molecule is CC(=O)N1CCN(CC(=O)N2N=C(c3ccc(C)cc3)C[C@H]2c2ccc(C)cc2)CC1. The van der Waals surface area contributed by atoms with Crippen LogP contribution in [0.15, 0.2) is 53.6 Å². The number of rotatable bonds is 4. The van der Waals surface area contributed by atoms with E-state index in [1.165, 1.54) is 11.1 Å². The van der Waals surface area contributed by atoms with E-state index >= 15 is 0 Å². The van der Waals surface area contributed by atoms with E-state index in [2.05, 4.69) is 67.3 Å². The highest BCUT2D eigenvalue weighted by atomic mass is 16.2. The molecule has 0 unspecified atom stereocenters. The summed E-state index contributed by atoms with van der Waals surface area (Å²) in [4.78, 5) is 28.8. The van der Waals surface area contributed by atoms with Gasteiger partial charge in [0, 0.05) is 39.5 Å². The van der Waals surface area contributed by atoms with Crippen molar-refractivity contribution in [3.8, 4) is 0 Å². The van der Waals surface area contributed by atoms with Gasteiger partial charge in [-0.25, -0.2) is 5.01 Å². The van der Waals surface area contributed by atoms with Gasteiger partial charge >= 0.3 is 0 Å². The summed E-state index contributed by atoms with van der Waals surface area (Å²) in [5.41, 5.74) is 5.51. The van der Waals surface area contributed by atoms with Crippen molar-refractivity contribution in [3.63, 3.8) is 0 Å². The summed E-state index contributed by atoms with van der Waals surface area (Å²) in [5.74, 6) is 0.0984. The van der Waals surface area contributed by atoms with E-state index in [-0.39, 0.29) is 17.9 Å². The van der Waals surface area contributed by atoms with Gasteiger partial charge in [0.05, 0.1) is 18.3 Å². The van der Waals surface area contributed by atoms with Crippen LogP contribution in [0.4, 0.5) is 0 Å². The number of benzene rings is 2. The van der Waals surface area contributed by atoms with Crippen LogP contribution in [-0.2, 0) is 9.59 Å². The number of carbonyl (C=O) groups is 2. The maximum atomic E-state index is 13.3. The molecule has 0 radical (unpaired) electrons. The predicted molar refractivity (Wildman–Crippen MR) is 122 cm³/mol. The largest absolute Gasteiger partial charge is 0.340 e. The molecule has 162 valence electrons. The number of piperazine rings is 1. The Kier molecular flexibility index (Phi) is 6.18. The lowest BCUT2D eigenvalue weighted by Crippen LogP contribution is -2.50. The lowest BCUT2D eigenvalue weighted by Gasteiger charge is -2.34. The van der Waals surface area contributed by atoms with Gasteiger partial charge in [-0.1, -0.05) is 59.7 Å². The topological polar surface area (TPSA) is 56.2 Å². The molecule has 0 bridgehead atoms. The second kappa shape index (κ2) is 9.02. The van der Waals surface area contributed by atoms with Gasteiger partial charge < -0.3 is 4.90 Å². The van der Waals surface area contributed by atoms with Crippen LogP contribution in [-0.4, -0.2) is 65.1 Å². The fraction of sp³-hybridized carbons (Fsp3) is 0.400. The smallest absolute Gasteiger partial charge is 0.257 e. The van der Waals surface area contributed by atoms with Crippen LogP contribution in [0.25, 0.3) is 0 Å². The Hall–Kier alpha value is -2.99. The molecule has 6 heteroatoms. The van der Waals surface area contributed by atoms with E-state index in [0.717, 1.165) is 16.8 Å². The molecule has 0 aliphatic carbocycles. The van der Waals surface area contributed by atoms with Crippen molar-refractivity contribution in [2.45, 2.75) is 33.2 Å². The molecule has 2 amide bonds. The van der Waals surface area contributed by atoms with Crippen LogP contribution in [0.3, 0.4) is 0 Å². The van der Waals surface area contributed by atoms with Crippen LogP contribution in [0.2, 0.25) is 0 Å². The fourth-order valence-corrected chi connectivity index (χ4v) is 4.19. The van der Waals surface area contributed by atoms with Crippen molar-refractivity contribution in [2.24, 2.45) is 5.10 Å². The number of nitrogens with zero attached hydrogens (tertiary/aromatic N) is 4. The Balaban J connectivity index is 1.53. The van der Waals surface area contributed by atoms with Crippen molar-refractivity contribution in [3.05, 3.63) is 70.8 Å². The number of hydrazone groups is 1. The second-order valence-corrected chi connectivity index (χ2v) is 8.56. The normalized spacial score (nSPS) is 19.5. The van der Waals surface area contributed by atoms with E-state index in [0.29, 0.717) is 39.1 Å². The van der Waals surface area contributed by atoms with Crippen molar-refractivity contribution in [1.29, 1.82) is 0 Å². The van der Waals surface area contributed by atoms with E-state index in [1.807, 2.05) is 4.90 Å². The first kappa shape index (κ1) is 21.2. The van der Waals surface area contributed by atoms with Gasteiger partial charge in [-0.05, 0) is 25.0 Å². The molecule has 0 aromatic heterocycles. The summed E-state index contributed by atoms with van der Waals surface area (Å²) in [6, 6.07) is 16.6. The molecule has 0 N–H and O–H groups in total. The lowest BCUT2D eigenvalue weighted by molar-refractivity contribution is -0.135. The van der Waals surface area contributed by atoms with E-state index < -0.39 is 0 Å². The maximum Gasteiger partial charge on any atom is 0.257 e. The lowest BCUT2D eigenvalue weighted by atomic mass is 9.97.